The summed E-state index contributed by atoms with van der Waals surface area (Å²) in [6, 6.07) is 17.5. The Balaban J connectivity index is 1.54. The molecule has 0 fully saturated rings. The molecule has 0 aliphatic carbocycles. The van der Waals surface area contributed by atoms with Crippen LogP contribution in [0.3, 0.4) is 0 Å². The Kier molecular flexibility index (Phi) is 9.03. The first-order chi connectivity index (χ1) is 19.7. The number of hydrogen-bond donors (Lipinski definition) is 3. The Morgan fingerprint density at radius 3 is 2.32 bits per heavy atom. The molecule has 4 aromatic rings. The molecule has 10 heteroatoms. The third-order valence-corrected chi connectivity index (χ3v) is 6.61. The third-order valence-electron chi connectivity index (χ3n) is 6.61. The van der Waals surface area contributed by atoms with Crippen LogP contribution in [0.15, 0.2) is 75.9 Å². The summed E-state index contributed by atoms with van der Waals surface area (Å²) >= 11 is 0. The first kappa shape index (κ1) is 28.9. The number of amides is 2. The highest BCUT2D eigenvalue weighted by Gasteiger charge is 2.29. The lowest BCUT2D eigenvalue weighted by Gasteiger charge is -2.18. The second-order valence-electron chi connectivity index (χ2n) is 9.34. The van der Waals surface area contributed by atoms with E-state index in [1.54, 1.807) is 43.5 Å². The first-order valence-corrected chi connectivity index (χ1v) is 12.9. The van der Waals surface area contributed by atoms with Gasteiger partial charge in [0.1, 0.15) is 17.4 Å². The van der Waals surface area contributed by atoms with Crippen molar-refractivity contribution in [2.45, 2.75) is 25.8 Å². The van der Waals surface area contributed by atoms with Gasteiger partial charge in [-0.05, 0) is 42.7 Å². The smallest absolute Gasteiger partial charge is 0.289 e. The number of methoxy groups -OCH3 is 2. The Labute approximate surface area is 235 Å². The van der Waals surface area contributed by atoms with Crippen LogP contribution in [0.4, 0.5) is 0 Å². The zero-order valence-electron chi connectivity index (χ0n) is 22.9. The maximum Gasteiger partial charge on any atom is 0.289 e. The summed E-state index contributed by atoms with van der Waals surface area (Å²) in [5.74, 6) is -2.34. The van der Waals surface area contributed by atoms with E-state index in [1.165, 1.54) is 26.2 Å². The lowest BCUT2D eigenvalue weighted by Crippen LogP contribution is -2.49. The Morgan fingerprint density at radius 2 is 1.66 bits per heavy atom. The van der Waals surface area contributed by atoms with E-state index in [4.69, 9.17) is 13.9 Å². The second kappa shape index (κ2) is 12.8. The monoisotopic (exact) mass is 558 g/mol. The van der Waals surface area contributed by atoms with Crippen LogP contribution >= 0.6 is 0 Å². The van der Waals surface area contributed by atoms with E-state index in [0.717, 1.165) is 5.56 Å². The third kappa shape index (κ3) is 6.73. The van der Waals surface area contributed by atoms with Gasteiger partial charge in [0.2, 0.25) is 5.78 Å². The Hall–Kier alpha value is -5.12. The number of hydrogen-bond acceptors (Lipinski definition) is 8. The number of carbonyl (C=O) groups is 3. The van der Waals surface area contributed by atoms with Crippen molar-refractivity contribution < 1.29 is 33.4 Å². The minimum atomic E-state index is -1.24. The van der Waals surface area contributed by atoms with Gasteiger partial charge in [-0.15, -0.1) is 0 Å². The Bertz CT molecular complexity index is 1630. The molecule has 1 atom stereocenters. The van der Waals surface area contributed by atoms with Crippen LogP contribution in [0.1, 0.15) is 27.2 Å². The molecule has 0 spiro atoms. The molecule has 0 radical (unpaired) electrons. The average molecular weight is 559 g/mol. The van der Waals surface area contributed by atoms with E-state index < -0.39 is 29.1 Å². The molecule has 0 saturated carbocycles. The summed E-state index contributed by atoms with van der Waals surface area (Å²) in [5, 5.41) is 15.3. The fraction of sp³-hybridized carbons (Fsp3) is 0.226. The standard InChI is InChI=1S/C31H30N2O8/c1-18-27(35)22-16-24(34)26(40-3)17-25(22)41-29(18)31(38)33-23(15-20-7-5-4-6-8-20)28(36)30(37)32-14-13-19-9-11-21(39-2)12-10-19/h4-12,16-17,23,34H,13-15H2,1-3H3,(H,32,37)(H,33,38)/t23-/m0/s1. The number of Topliss-reactive ketones (excluding diaryl/α,β-unsaturated/α-hetero) is 1. The largest absolute Gasteiger partial charge is 0.504 e. The summed E-state index contributed by atoms with van der Waals surface area (Å²) in [4.78, 5) is 52.4. The molecule has 0 bridgehead atoms. The summed E-state index contributed by atoms with van der Waals surface area (Å²) in [5.41, 5.74) is 1.13. The molecule has 0 aliphatic rings. The predicted molar refractivity (Wildman–Crippen MR) is 152 cm³/mol. The number of benzene rings is 3. The van der Waals surface area contributed by atoms with Crippen molar-refractivity contribution in [2.75, 3.05) is 20.8 Å². The van der Waals surface area contributed by atoms with Crippen LogP contribution in [0.5, 0.6) is 17.2 Å². The van der Waals surface area contributed by atoms with Gasteiger partial charge in [-0.2, -0.15) is 0 Å². The zero-order chi connectivity index (χ0) is 29.5. The van der Waals surface area contributed by atoms with Gasteiger partial charge in [-0.1, -0.05) is 42.5 Å². The predicted octanol–water partition coefficient (Wildman–Crippen LogP) is 3.09. The van der Waals surface area contributed by atoms with Crippen LogP contribution in [-0.4, -0.2) is 49.5 Å². The highest BCUT2D eigenvalue weighted by atomic mass is 16.5. The highest BCUT2D eigenvalue weighted by Crippen LogP contribution is 2.30. The number of carbonyl (C=O) groups excluding carboxylic acids is 3. The summed E-state index contributed by atoms with van der Waals surface area (Å²) in [6.07, 6.45) is 0.523. The number of nitrogens with one attached hydrogen (secondary N) is 2. The fourth-order valence-electron chi connectivity index (χ4n) is 4.32. The molecule has 0 unspecified atom stereocenters. The van der Waals surface area contributed by atoms with Crippen LogP contribution in [0, 0.1) is 6.92 Å². The molecular formula is C31H30N2O8. The first-order valence-electron chi connectivity index (χ1n) is 12.9. The summed E-state index contributed by atoms with van der Waals surface area (Å²) < 4.78 is 15.9. The van der Waals surface area contributed by atoms with Crippen LogP contribution in [0.2, 0.25) is 0 Å². The minimum Gasteiger partial charge on any atom is -0.504 e. The van der Waals surface area contributed by atoms with E-state index in [2.05, 4.69) is 10.6 Å². The molecule has 41 heavy (non-hydrogen) atoms. The number of ether oxygens (including phenoxy) is 2. The second-order valence-corrected chi connectivity index (χ2v) is 9.34. The quantitative estimate of drug-likeness (QED) is 0.238. The van der Waals surface area contributed by atoms with Gasteiger partial charge in [-0.3, -0.25) is 19.2 Å². The van der Waals surface area contributed by atoms with Crippen molar-refractivity contribution in [1.82, 2.24) is 10.6 Å². The molecule has 212 valence electrons. The molecule has 3 aromatic carbocycles. The van der Waals surface area contributed by atoms with E-state index in [1.807, 2.05) is 18.2 Å². The number of rotatable bonds is 11. The molecule has 10 nitrogen and oxygen atoms in total. The van der Waals surface area contributed by atoms with Crippen LogP contribution in [0.25, 0.3) is 11.0 Å². The minimum absolute atomic E-state index is 0.0163. The van der Waals surface area contributed by atoms with Gasteiger partial charge in [-0.25, -0.2) is 0 Å². The van der Waals surface area contributed by atoms with Crippen molar-refractivity contribution in [2.24, 2.45) is 0 Å². The van der Waals surface area contributed by atoms with Crippen molar-refractivity contribution in [1.29, 1.82) is 0 Å². The highest BCUT2D eigenvalue weighted by molar-refractivity contribution is 6.38. The zero-order valence-corrected chi connectivity index (χ0v) is 22.9. The number of ketones is 1. The maximum atomic E-state index is 13.3. The number of phenols is 1. The van der Waals surface area contributed by atoms with Crippen molar-refractivity contribution in [3.05, 3.63) is 99.4 Å². The van der Waals surface area contributed by atoms with E-state index in [9.17, 15) is 24.3 Å². The van der Waals surface area contributed by atoms with Crippen molar-refractivity contribution >= 4 is 28.6 Å². The van der Waals surface area contributed by atoms with E-state index in [-0.39, 0.29) is 46.8 Å². The number of phenolic OH excluding ortho intramolecular Hbond substituents is 1. The Morgan fingerprint density at radius 1 is 0.951 bits per heavy atom. The molecule has 0 saturated heterocycles. The van der Waals surface area contributed by atoms with Crippen LogP contribution < -0.4 is 25.5 Å². The lowest BCUT2D eigenvalue weighted by atomic mass is 10.0. The van der Waals surface area contributed by atoms with E-state index >= 15 is 0 Å². The van der Waals surface area contributed by atoms with Gasteiger partial charge < -0.3 is 29.6 Å². The van der Waals surface area contributed by atoms with Crippen molar-refractivity contribution in [3.63, 3.8) is 0 Å². The summed E-state index contributed by atoms with van der Waals surface area (Å²) in [6.45, 7) is 1.61. The van der Waals surface area contributed by atoms with Crippen molar-refractivity contribution in [3.8, 4) is 17.2 Å². The topological polar surface area (TPSA) is 144 Å². The molecule has 0 aliphatic heterocycles. The molecular weight excluding hydrogens is 528 g/mol. The normalized spacial score (nSPS) is 11.5. The SMILES string of the molecule is COc1ccc(CCNC(=O)C(=O)[C@H](Cc2ccccc2)NC(=O)c2oc3cc(OC)c(O)cc3c(=O)c2C)cc1. The molecule has 2 amide bonds. The van der Waals surface area contributed by atoms with Crippen LogP contribution in [-0.2, 0) is 22.4 Å². The lowest BCUT2D eigenvalue weighted by molar-refractivity contribution is -0.138. The number of fused-ring (bicyclic) bond motifs is 1. The van der Waals surface area contributed by atoms with E-state index in [0.29, 0.717) is 17.7 Å². The van der Waals surface area contributed by atoms with Gasteiger partial charge in [0, 0.05) is 24.6 Å². The average Bonchev–Trinajstić information content (AvgIpc) is 2.99. The molecule has 3 N–H and O–H groups in total. The maximum absolute atomic E-state index is 13.3. The fourth-order valence-corrected chi connectivity index (χ4v) is 4.32. The molecule has 1 heterocycles. The van der Waals surface area contributed by atoms with Gasteiger partial charge in [0.25, 0.3) is 11.8 Å². The van der Waals surface area contributed by atoms with Gasteiger partial charge in [0.05, 0.1) is 19.6 Å². The van der Waals surface area contributed by atoms with Gasteiger partial charge in [0.15, 0.2) is 22.7 Å². The summed E-state index contributed by atoms with van der Waals surface area (Å²) in [7, 11) is 2.91. The number of aromatic hydroxyl groups is 1. The van der Waals surface area contributed by atoms with Gasteiger partial charge >= 0.3 is 0 Å². The molecule has 1 aromatic heterocycles. The molecule has 4 rings (SSSR count).